The smallest absolute Gasteiger partial charge is 0.323 e. The number of aliphatic carboxylic acids is 1. The Morgan fingerprint density at radius 2 is 2.16 bits per heavy atom. The van der Waals surface area contributed by atoms with Gasteiger partial charge >= 0.3 is 5.97 Å². The largest absolute Gasteiger partial charge is 0.480 e. The molecular formula is C13H20N2O4. The second-order valence-electron chi connectivity index (χ2n) is 4.71. The predicted octanol–water partition coefficient (Wildman–Crippen LogP) is 0.344. The summed E-state index contributed by atoms with van der Waals surface area (Å²) in [5, 5.41) is 8.81. The number of carboxylic acid groups (broad SMARTS) is 1. The van der Waals surface area contributed by atoms with Crippen LogP contribution in [0.3, 0.4) is 0 Å². The molecule has 1 fully saturated rings. The van der Waals surface area contributed by atoms with Gasteiger partial charge in [0.2, 0.25) is 11.8 Å². The maximum absolute atomic E-state index is 12.3. The lowest BCUT2D eigenvalue weighted by Crippen LogP contribution is -2.47. The summed E-state index contributed by atoms with van der Waals surface area (Å²) >= 11 is 0. The van der Waals surface area contributed by atoms with E-state index in [0.29, 0.717) is 19.5 Å². The zero-order valence-electron chi connectivity index (χ0n) is 11.2. The summed E-state index contributed by atoms with van der Waals surface area (Å²) < 4.78 is 0. The zero-order valence-corrected chi connectivity index (χ0v) is 11.2. The second kappa shape index (κ2) is 6.92. The van der Waals surface area contributed by atoms with E-state index in [0.717, 1.165) is 6.42 Å². The molecule has 6 nitrogen and oxygen atoms in total. The van der Waals surface area contributed by atoms with Gasteiger partial charge in [0.05, 0.1) is 5.92 Å². The molecule has 1 rings (SSSR count). The van der Waals surface area contributed by atoms with Crippen LogP contribution in [0.25, 0.3) is 0 Å². The molecule has 0 radical (unpaired) electrons. The lowest BCUT2D eigenvalue weighted by Gasteiger charge is -2.33. The van der Waals surface area contributed by atoms with Crippen molar-refractivity contribution < 1.29 is 19.5 Å². The van der Waals surface area contributed by atoms with Crippen LogP contribution in [-0.4, -0.2) is 58.9 Å². The molecule has 0 aromatic heterocycles. The first kappa shape index (κ1) is 15.2. The summed E-state index contributed by atoms with van der Waals surface area (Å²) in [4.78, 5) is 37.3. The highest BCUT2D eigenvalue weighted by Gasteiger charge is 2.30. The minimum absolute atomic E-state index is 0.0500. The van der Waals surface area contributed by atoms with Gasteiger partial charge < -0.3 is 14.9 Å². The maximum Gasteiger partial charge on any atom is 0.323 e. The fourth-order valence-corrected chi connectivity index (χ4v) is 2.27. The van der Waals surface area contributed by atoms with Gasteiger partial charge in [0.25, 0.3) is 0 Å². The van der Waals surface area contributed by atoms with Gasteiger partial charge in [-0.15, -0.1) is 6.58 Å². The molecule has 2 amide bonds. The number of carboxylic acids is 1. The minimum Gasteiger partial charge on any atom is -0.480 e. The van der Waals surface area contributed by atoms with Crippen LogP contribution in [0.2, 0.25) is 0 Å². The molecule has 106 valence electrons. The van der Waals surface area contributed by atoms with E-state index in [4.69, 9.17) is 5.11 Å². The Hall–Kier alpha value is -1.85. The molecule has 1 saturated heterocycles. The Kier molecular flexibility index (Phi) is 5.54. The van der Waals surface area contributed by atoms with Crippen molar-refractivity contribution >= 4 is 17.8 Å². The highest BCUT2D eigenvalue weighted by atomic mass is 16.4. The highest BCUT2D eigenvalue weighted by molar-refractivity contribution is 5.84. The van der Waals surface area contributed by atoms with Crippen LogP contribution in [0.15, 0.2) is 12.7 Å². The molecule has 1 unspecified atom stereocenters. The van der Waals surface area contributed by atoms with Gasteiger partial charge in [-0.3, -0.25) is 14.4 Å². The number of hydrogen-bond acceptors (Lipinski definition) is 3. The van der Waals surface area contributed by atoms with Gasteiger partial charge in [-0.25, -0.2) is 0 Å². The second-order valence-corrected chi connectivity index (χ2v) is 4.71. The topological polar surface area (TPSA) is 77.9 Å². The van der Waals surface area contributed by atoms with Gasteiger partial charge in [0.1, 0.15) is 6.54 Å². The van der Waals surface area contributed by atoms with Crippen LogP contribution in [0, 0.1) is 5.92 Å². The first-order chi connectivity index (χ1) is 8.95. The molecule has 1 aliphatic heterocycles. The molecule has 1 N–H and O–H groups in total. The molecular weight excluding hydrogens is 248 g/mol. The predicted molar refractivity (Wildman–Crippen MR) is 69.4 cm³/mol. The van der Waals surface area contributed by atoms with Crippen molar-refractivity contribution in [2.24, 2.45) is 5.92 Å². The van der Waals surface area contributed by atoms with E-state index >= 15 is 0 Å². The summed E-state index contributed by atoms with van der Waals surface area (Å²) in [6, 6.07) is 0. The Morgan fingerprint density at radius 3 is 2.68 bits per heavy atom. The van der Waals surface area contributed by atoms with Crippen molar-refractivity contribution in [3.8, 4) is 0 Å². The molecule has 0 aromatic rings. The van der Waals surface area contributed by atoms with Gasteiger partial charge in [-0.1, -0.05) is 6.08 Å². The Labute approximate surface area is 112 Å². The van der Waals surface area contributed by atoms with Crippen LogP contribution < -0.4 is 0 Å². The Morgan fingerprint density at radius 1 is 1.47 bits per heavy atom. The summed E-state index contributed by atoms with van der Waals surface area (Å²) in [5.74, 6) is -1.62. The van der Waals surface area contributed by atoms with Gasteiger partial charge in [0.15, 0.2) is 0 Å². The molecule has 1 heterocycles. The zero-order chi connectivity index (χ0) is 14.4. The van der Waals surface area contributed by atoms with E-state index in [1.165, 1.54) is 17.9 Å². The number of carbonyl (C=O) groups excluding carboxylic acids is 2. The Bertz CT molecular complexity index is 381. The Balaban J connectivity index is 2.69. The monoisotopic (exact) mass is 268 g/mol. The van der Waals surface area contributed by atoms with Crippen LogP contribution in [0.4, 0.5) is 0 Å². The third-order valence-corrected chi connectivity index (χ3v) is 3.20. The van der Waals surface area contributed by atoms with Crippen molar-refractivity contribution in [1.29, 1.82) is 0 Å². The van der Waals surface area contributed by atoms with Crippen LogP contribution in [0.1, 0.15) is 19.8 Å². The fourth-order valence-electron chi connectivity index (χ4n) is 2.27. The van der Waals surface area contributed by atoms with Crippen molar-refractivity contribution in [3.63, 3.8) is 0 Å². The number of piperidine rings is 1. The van der Waals surface area contributed by atoms with E-state index in [1.54, 1.807) is 4.90 Å². The van der Waals surface area contributed by atoms with Crippen molar-refractivity contribution in [3.05, 3.63) is 12.7 Å². The number of amides is 2. The van der Waals surface area contributed by atoms with Crippen molar-refractivity contribution in [2.75, 3.05) is 26.2 Å². The van der Waals surface area contributed by atoms with E-state index < -0.39 is 5.97 Å². The summed E-state index contributed by atoms with van der Waals surface area (Å²) in [5.41, 5.74) is 0. The average Bonchev–Trinajstić information content (AvgIpc) is 2.37. The van der Waals surface area contributed by atoms with Crippen molar-refractivity contribution in [2.45, 2.75) is 19.8 Å². The van der Waals surface area contributed by atoms with Crippen LogP contribution in [-0.2, 0) is 14.4 Å². The van der Waals surface area contributed by atoms with E-state index in [9.17, 15) is 14.4 Å². The number of carbonyl (C=O) groups is 3. The first-order valence-electron chi connectivity index (χ1n) is 6.32. The molecule has 0 saturated carbocycles. The molecule has 1 atom stereocenters. The quantitative estimate of drug-likeness (QED) is 0.730. The third kappa shape index (κ3) is 4.39. The fraction of sp³-hybridized carbons (Fsp3) is 0.615. The SMILES string of the molecule is C=CCN(CC(=O)O)C(=O)C1CCCN(C(C)=O)C1. The molecule has 0 bridgehead atoms. The lowest BCUT2D eigenvalue weighted by molar-refractivity contribution is -0.147. The normalized spacial score (nSPS) is 18.8. The number of likely N-dealkylation sites (tertiary alicyclic amines) is 1. The summed E-state index contributed by atoms with van der Waals surface area (Å²) in [6.07, 6.45) is 2.97. The molecule has 19 heavy (non-hydrogen) atoms. The summed E-state index contributed by atoms with van der Waals surface area (Å²) in [7, 11) is 0. The average molecular weight is 268 g/mol. The molecule has 1 aliphatic rings. The van der Waals surface area contributed by atoms with Gasteiger partial charge in [-0.2, -0.15) is 0 Å². The van der Waals surface area contributed by atoms with E-state index in [1.807, 2.05) is 0 Å². The minimum atomic E-state index is -1.05. The lowest BCUT2D eigenvalue weighted by atomic mass is 9.96. The van der Waals surface area contributed by atoms with Crippen LogP contribution in [0.5, 0.6) is 0 Å². The maximum atomic E-state index is 12.3. The highest BCUT2D eigenvalue weighted by Crippen LogP contribution is 2.19. The first-order valence-corrected chi connectivity index (χ1v) is 6.32. The van der Waals surface area contributed by atoms with Crippen LogP contribution >= 0.6 is 0 Å². The molecule has 0 aliphatic carbocycles. The number of rotatable bonds is 5. The summed E-state index contributed by atoms with van der Waals surface area (Å²) in [6.45, 7) is 5.93. The number of nitrogens with zero attached hydrogens (tertiary/aromatic N) is 2. The number of hydrogen-bond donors (Lipinski definition) is 1. The molecule has 0 spiro atoms. The van der Waals surface area contributed by atoms with Gasteiger partial charge in [0, 0.05) is 26.6 Å². The third-order valence-electron chi connectivity index (χ3n) is 3.20. The standard InChI is InChI=1S/C13H20N2O4/c1-3-6-15(9-12(17)18)13(19)11-5-4-7-14(8-11)10(2)16/h3,11H,1,4-9H2,2H3,(H,17,18). The van der Waals surface area contributed by atoms with Gasteiger partial charge in [-0.05, 0) is 12.8 Å². The van der Waals surface area contributed by atoms with Crippen molar-refractivity contribution in [1.82, 2.24) is 9.80 Å². The van der Waals surface area contributed by atoms with E-state index in [2.05, 4.69) is 6.58 Å². The molecule has 6 heteroatoms. The van der Waals surface area contributed by atoms with E-state index in [-0.39, 0.29) is 30.8 Å². The molecule has 0 aromatic carbocycles.